The minimum absolute atomic E-state index is 0.281. The molecule has 0 spiro atoms. The maximum atomic E-state index is 12.0. The third kappa shape index (κ3) is 1.42. The first kappa shape index (κ1) is 11.1. The standard InChI is InChI=1S/C12H15NO3/c1-13-10-6-4-3-5-9(10)12(15,11(13)14)7-8-16-2/h3-6,15H,7-8H2,1-2H3. The van der Waals surface area contributed by atoms with E-state index in [1.165, 1.54) is 4.90 Å². The highest BCUT2D eigenvalue weighted by molar-refractivity contribution is 6.06. The minimum Gasteiger partial charge on any atom is -0.385 e. The molecule has 0 saturated heterocycles. The highest BCUT2D eigenvalue weighted by Gasteiger charge is 2.47. The largest absolute Gasteiger partial charge is 0.385 e. The average Bonchev–Trinajstić information content (AvgIpc) is 2.51. The number of carbonyl (C=O) groups is 1. The second-order valence-electron chi connectivity index (χ2n) is 3.98. The van der Waals surface area contributed by atoms with Gasteiger partial charge in [-0.3, -0.25) is 4.79 Å². The van der Waals surface area contributed by atoms with Crippen LogP contribution in [0.4, 0.5) is 5.69 Å². The molecule has 1 heterocycles. The molecule has 2 rings (SSSR count). The number of carbonyl (C=O) groups excluding carboxylic acids is 1. The predicted octanol–water partition coefficient (Wildman–Crippen LogP) is 0.887. The SMILES string of the molecule is COCCC1(O)C(=O)N(C)c2ccccc21. The Labute approximate surface area is 94.4 Å². The lowest BCUT2D eigenvalue weighted by atomic mass is 9.92. The summed E-state index contributed by atoms with van der Waals surface area (Å²) in [6, 6.07) is 7.29. The van der Waals surface area contributed by atoms with Gasteiger partial charge in [0.25, 0.3) is 5.91 Å². The predicted molar refractivity (Wildman–Crippen MR) is 60.2 cm³/mol. The lowest BCUT2D eigenvalue weighted by Crippen LogP contribution is -2.39. The molecule has 1 N–H and O–H groups in total. The van der Waals surface area contributed by atoms with Crippen molar-refractivity contribution in [3.8, 4) is 0 Å². The fraction of sp³-hybridized carbons (Fsp3) is 0.417. The molecule has 4 heteroatoms. The van der Waals surface area contributed by atoms with Crippen LogP contribution in [0.5, 0.6) is 0 Å². The monoisotopic (exact) mass is 221 g/mol. The second-order valence-corrected chi connectivity index (χ2v) is 3.98. The number of hydrogen-bond donors (Lipinski definition) is 1. The van der Waals surface area contributed by atoms with E-state index in [0.29, 0.717) is 12.2 Å². The Morgan fingerprint density at radius 1 is 1.44 bits per heavy atom. The van der Waals surface area contributed by atoms with Gasteiger partial charge in [0.05, 0.1) is 5.69 Å². The van der Waals surface area contributed by atoms with Gasteiger partial charge in [0.15, 0.2) is 5.60 Å². The van der Waals surface area contributed by atoms with Crippen LogP contribution >= 0.6 is 0 Å². The van der Waals surface area contributed by atoms with E-state index in [-0.39, 0.29) is 12.3 Å². The van der Waals surface area contributed by atoms with Crippen LogP contribution in [0.15, 0.2) is 24.3 Å². The van der Waals surface area contributed by atoms with Crippen LogP contribution in [0.3, 0.4) is 0 Å². The molecule has 0 aromatic heterocycles. The van der Waals surface area contributed by atoms with Crippen molar-refractivity contribution < 1.29 is 14.6 Å². The highest BCUT2D eigenvalue weighted by Crippen LogP contribution is 2.41. The number of ether oxygens (including phenoxy) is 1. The van der Waals surface area contributed by atoms with Gasteiger partial charge < -0.3 is 14.7 Å². The van der Waals surface area contributed by atoms with E-state index in [2.05, 4.69) is 0 Å². The van der Waals surface area contributed by atoms with Crippen molar-refractivity contribution in [2.45, 2.75) is 12.0 Å². The highest BCUT2D eigenvalue weighted by atomic mass is 16.5. The number of methoxy groups -OCH3 is 1. The maximum Gasteiger partial charge on any atom is 0.263 e. The number of fused-ring (bicyclic) bond motifs is 1. The molecule has 0 bridgehead atoms. The molecular weight excluding hydrogens is 206 g/mol. The van der Waals surface area contributed by atoms with E-state index >= 15 is 0 Å². The van der Waals surface area contributed by atoms with E-state index in [4.69, 9.17) is 4.74 Å². The summed E-state index contributed by atoms with van der Waals surface area (Å²) < 4.78 is 4.94. The first-order valence-corrected chi connectivity index (χ1v) is 5.20. The first-order valence-electron chi connectivity index (χ1n) is 5.20. The number of hydrogen-bond acceptors (Lipinski definition) is 3. The van der Waals surface area contributed by atoms with Crippen molar-refractivity contribution in [2.75, 3.05) is 25.7 Å². The molecule has 1 aromatic rings. The normalized spacial score (nSPS) is 23.7. The number of para-hydroxylation sites is 1. The van der Waals surface area contributed by atoms with E-state index < -0.39 is 5.60 Å². The Hall–Kier alpha value is -1.39. The summed E-state index contributed by atoms with van der Waals surface area (Å²) in [6.45, 7) is 0.352. The lowest BCUT2D eigenvalue weighted by molar-refractivity contribution is -0.137. The van der Waals surface area contributed by atoms with Crippen molar-refractivity contribution in [1.82, 2.24) is 0 Å². The van der Waals surface area contributed by atoms with Gasteiger partial charge in [-0.1, -0.05) is 18.2 Å². The summed E-state index contributed by atoms with van der Waals surface area (Å²) in [5, 5.41) is 10.4. The van der Waals surface area contributed by atoms with E-state index in [9.17, 15) is 9.90 Å². The molecule has 86 valence electrons. The van der Waals surface area contributed by atoms with E-state index in [1.807, 2.05) is 18.2 Å². The van der Waals surface area contributed by atoms with Crippen LogP contribution in [0.2, 0.25) is 0 Å². The molecule has 0 fully saturated rings. The number of rotatable bonds is 3. The summed E-state index contributed by atoms with van der Waals surface area (Å²) in [4.78, 5) is 13.5. The van der Waals surface area contributed by atoms with Crippen molar-refractivity contribution in [2.24, 2.45) is 0 Å². The zero-order chi connectivity index (χ0) is 11.8. The van der Waals surface area contributed by atoms with Crippen LogP contribution in [-0.4, -0.2) is 31.8 Å². The van der Waals surface area contributed by atoms with Gasteiger partial charge in [-0.25, -0.2) is 0 Å². The molecule has 1 aliphatic heterocycles. The molecule has 4 nitrogen and oxygen atoms in total. The van der Waals surface area contributed by atoms with Crippen LogP contribution in [0.25, 0.3) is 0 Å². The molecule has 1 unspecified atom stereocenters. The molecule has 0 radical (unpaired) electrons. The maximum absolute atomic E-state index is 12.0. The van der Waals surface area contributed by atoms with Gasteiger partial charge >= 0.3 is 0 Å². The Morgan fingerprint density at radius 3 is 2.81 bits per heavy atom. The van der Waals surface area contributed by atoms with E-state index in [1.54, 1.807) is 20.2 Å². The number of aliphatic hydroxyl groups is 1. The second kappa shape index (κ2) is 3.88. The molecular formula is C12H15NO3. The summed E-state index contributed by atoms with van der Waals surface area (Å²) in [6.07, 6.45) is 0.281. The number of likely N-dealkylation sites (N-methyl/N-ethyl adjacent to an activating group) is 1. The van der Waals surface area contributed by atoms with Crippen molar-refractivity contribution in [1.29, 1.82) is 0 Å². The minimum atomic E-state index is -1.43. The Kier molecular flexibility index (Phi) is 2.69. The Bertz CT molecular complexity index is 418. The Balaban J connectivity index is 2.43. The first-order chi connectivity index (χ1) is 7.61. The summed E-state index contributed by atoms with van der Waals surface area (Å²) in [5.74, 6) is -0.286. The van der Waals surface area contributed by atoms with E-state index in [0.717, 1.165) is 5.69 Å². The quantitative estimate of drug-likeness (QED) is 0.824. The Morgan fingerprint density at radius 2 is 2.12 bits per heavy atom. The third-order valence-corrected chi connectivity index (χ3v) is 3.04. The van der Waals surface area contributed by atoms with Crippen LogP contribution in [0.1, 0.15) is 12.0 Å². The summed E-state index contributed by atoms with van der Waals surface area (Å²) >= 11 is 0. The third-order valence-electron chi connectivity index (χ3n) is 3.04. The zero-order valence-corrected chi connectivity index (χ0v) is 9.43. The van der Waals surface area contributed by atoms with Crippen LogP contribution < -0.4 is 4.90 Å². The summed E-state index contributed by atoms with van der Waals surface area (Å²) in [7, 11) is 3.23. The number of amides is 1. The summed E-state index contributed by atoms with van der Waals surface area (Å²) in [5.41, 5.74) is 0.00658. The fourth-order valence-electron chi connectivity index (χ4n) is 2.11. The van der Waals surface area contributed by atoms with Gasteiger partial charge in [0.2, 0.25) is 0 Å². The van der Waals surface area contributed by atoms with Crippen LogP contribution in [0, 0.1) is 0 Å². The molecule has 0 aliphatic carbocycles. The molecule has 1 atom stereocenters. The van der Waals surface area contributed by atoms with Crippen molar-refractivity contribution in [3.63, 3.8) is 0 Å². The number of anilines is 1. The zero-order valence-electron chi connectivity index (χ0n) is 9.43. The molecule has 1 aromatic carbocycles. The van der Waals surface area contributed by atoms with Gasteiger partial charge in [-0.2, -0.15) is 0 Å². The lowest BCUT2D eigenvalue weighted by Gasteiger charge is -2.21. The van der Waals surface area contributed by atoms with Crippen LogP contribution in [-0.2, 0) is 15.1 Å². The average molecular weight is 221 g/mol. The molecule has 1 amide bonds. The number of nitrogens with zero attached hydrogens (tertiary/aromatic N) is 1. The van der Waals surface area contributed by atoms with Gasteiger partial charge in [0.1, 0.15) is 0 Å². The van der Waals surface area contributed by atoms with Gasteiger partial charge in [-0.05, 0) is 6.07 Å². The topological polar surface area (TPSA) is 49.8 Å². The number of benzene rings is 1. The van der Waals surface area contributed by atoms with Crippen molar-refractivity contribution >= 4 is 11.6 Å². The van der Waals surface area contributed by atoms with Gasteiger partial charge in [0, 0.05) is 32.7 Å². The molecule has 1 aliphatic rings. The van der Waals surface area contributed by atoms with Crippen molar-refractivity contribution in [3.05, 3.63) is 29.8 Å². The fourth-order valence-corrected chi connectivity index (χ4v) is 2.11. The molecule has 0 saturated carbocycles. The smallest absolute Gasteiger partial charge is 0.263 e. The molecule has 16 heavy (non-hydrogen) atoms. The van der Waals surface area contributed by atoms with Gasteiger partial charge in [-0.15, -0.1) is 0 Å².